The summed E-state index contributed by atoms with van der Waals surface area (Å²) in [6.45, 7) is 3.78. The molecular formula is C20H23N3O4. The molecule has 1 aromatic carbocycles. The third kappa shape index (κ3) is 3.86. The molecule has 0 bridgehead atoms. The SMILES string of the molecule is COc1cc(C(=O)N2CCN(C(=O)c3cccnc3)CC2)c(OC)cc1C. The highest BCUT2D eigenvalue weighted by atomic mass is 16.5. The molecule has 0 aliphatic carbocycles. The highest BCUT2D eigenvalue weighted by Crippen LogP contribution is 2.29. The zero-order chi connectivity index (χ0) is 19.4. The lowest BCUT2D eigenvalue weighted by Crippen LogP contribution is -2.50. The van der Waals surface area contributed by atoms with Crippen molar-refractivity contribution in [3.8, 4) is 11.5 Å². The summed E-state index contributed by atoms with van der Waals surface area (Å²) in [6.07, 6.45) is 3.19. The predicted octanol–water partition coefficient (Wildman–Crippen LogP) is 2.01. The minimum Gasteiger partial charge on any atom is -0.496 e. The summed E-state index contributed by atoms with van der Waals surface area (Å²) in [4.78, 5) is 33.0. The van der Waals surface area contributed by atoms with Crippen molar-refractivity contribution in [3.05, 3.63) is 53.3 Å². The molecule has 0 unspecified atom stereocenters. The molecule has 1 aliphatic heterocycles. The van der Waals surface area contributed by atoms with E-state index in [1.54, 1.807) is 60.7 Å². The van der Waals surface area contributed by atoms with Gasteiger partial charge in [0.15, 0.2) is 0 Å². The number of pyridine rings is 1. The van der Waals surface area contributed by atoms with Crippen molar-refractivity contribution in [1.82, 2.24) is 14.8 Å². The van der Waals surface area contributed by atoms with E-state index in [1.165, 1.54) is 0 Å². The Balaban J connectivity index is 1.71. The van der Waals surface area contributed by atoms with Crippen molar-refractivity contribution in [2.75, 3.05) is 40.4 Å². The number of amides is 2. The van der Waals surface area contributed by atoms with Gasteiger partial charge in [0, 0.05) is 38.6 Å². The van der Waals surface area contributed by atoms with Crippen LogP contribution in [0, 0.1) is 6.92 Å². The average Bonchev–Trinajstić information content (AvgIpc) is 2.73. The molecule has 0 N–H and O–H groups in total. The van der Waals surface area contributed by atoms with Crippen LogP contribution >= 0.6 is 0 Å². The summed E-state index contributed by atoms with van der Waals surface area (Å²) in [5.41, 5.74) is 1.92. The van der Waals surface area contributed by atoms with Crippen LogP contribution in [-0.4, -0.2) is 67.0 Å². The van der Waals surface area contributed by atoms with E-state index in [0.29, 0.717) is 48.8 Å². The van der Waals surface area contributed by atoms with Gasteiger partial charge in [0.2, 0.25) is 0 Å². The van der Waals surface area contributed by atoms with E-state index in [9.17, 15) is 9.59 Å². The Kier molecular flexibility index (Phi) is 5.59. The molecule has 27 heavy (non-hydrogen) atoms. The molecule has 0 spiro atoms. The first-order valence-corrected chi connectivity index (χ1v) is 8.76. The van der Waals surface area contributed by atoms with Gasteiger partial charge in [-0.1, -0.05) is 0 Å². The van der Waals surface area contributed by atoms with Gasteiger partial charge in [0.1, 0.15) is 11.5 Å². The van der Waals surface area contributed by atoms with E-state index >= 15 is 0 Å². The zero-order valence-electron chi connectivity index (χ0n) is 15.8. The van der Waals surface area contributed by atoms with Crippen LogP contribution in [-0.2, 0) is 0 Å². The summed E-state index contributed by atoms with van der Waals surface area (Å²) >= 11 is 0. The van der Waals surface area contributed by atoms with Crippen molar-refractivity contribution in [1.29, 1.82) is 0 Å². The molecule has 1 saturated heterocycles. The second-order valence-electron chi connectivity index (χ2n) is 6.35. The van der Waals surface area contributed by atoms with Crippen molar-refractivity contribution in [2.24, 2.45) is 0 Å². The lowest BCUT2D eigenvalue weighted by molar-refractivity contribution is 0.0533. The molecule has 7 nitrogen and oxygen atoms in total. The minimum absolute atomic E-state index is 0.0650. The minimum atomic E-state index is -0.126. The van der Waals surface area contributed by atoms with E-state index in [4.69, 9.17) is 9.47 Å². The number of ether oxygens (including phenoxy) is 2. The molecule has 2 amide bonds. The second kappa shape index (κ2) is 8.07. The van der Waals surface area contributed by atoms with Crippen LogP contribution in [0.1, 0.15) is 26.3 Å². The quantitative estimate of drug-likeness (QED) is 0.824. The van der Waals surface area contributed by atoms with Crippen molar-refractivity contribution in [3.63, 3.8) is 0 Å². The van der Waals surface area contributed by atoms with Gasteiger partial charge in [-0.15, -0.1) is 0 Å². The monoisotopic (exact) mass is 369 g/mol. The maximum Gasteiger partial charge on any atom is 0.257 e. The Labute approximate surface area is 158 Å². The van der Waals surface area contributed by atoms with Gasteiger partial charge in [-0.2, -0.15) is 0 Å². The fourth-order valence-corrected chi connectivity index (χ4v) is 3.17. The molecule has 142 valence electrons. The van der Waals surface area contributed by atoms with Gasteiger partial charge >= 0.3 is 0 Å². The van der Waals surface area contributed by atoms with Crippen LogP contribution in [0.15, 0.2) is 36.7 Å². The number of benzene rings is 1. The first-order chi connectivity index (χ1) is 13.0. The number of nitrogens with zero attached hydrogens (tertiary/aromatic N) is 3. The van der Waals surface area contributed by atoms with E-state index in [2.05, 4.69) is 4.98 Å². The van der Waals surface area contributed by atoms with Gasteiger partial charge in [0.25, 0.3) is 11.8 Å². The van der Waals surface area contributed by atoms with Crippen molar-refractivity contribution in [2.45, 2.75) is 6.92 Å². The van der Waals surface area contributed by atoms with Crippen LogP contribution in [0.25, 0.3) is 0 Å². The highest BCUT2D eigenvalue weighted by Gasteiger charge is 2.27. The molecule has 2 aromatic rings. The predicted molar refractivity (Wildman–Crippen MR) is 100 cm³/mol. The maximum atomic E-state index is 13.0. The van der Waals surface area contributed by atoms with Crippen molar-refractivity contribution >= 4 is 11.8 Å². The lowest BCUT2D eigenvalue weighted by Gasteiger charge is -2.35. The van der Waals surface area contributed by atoms with Gasteiger partial charge in [-0.25, -0.2) is 0 Å². The largest absolute Gasteiger partial charge is 0.496 e. The number of aryl methyl sites for hydroxylation is 1. The van der Waals surface area contributed by atoms with Crippen LogP contribution < -0.4 is 9.47 Å². The Morgan fingerprint density at radius 3 is 2.15 bits per heavy atom. The van der Waals surface area contributed by atoms with Gasteiger partial charge in [-0.3, -0.25) is 14.6 Å². The van der Waals surface area contributed by atoms with E-state index in [1.807, 2.05) is 6.92 Å². The zero-order valence-corrected chi connectivity index (χ0v) is 15.8. The molecule has 1 aliphatic rings. The van der Waals surface area contributed by atoms with Crippen LogP contribution in [0.5, 0.6) is 11.5 Å². The van der Waals surface area contributed by atoms with Gasteiger partial charge < -0.3 is 19.3 Å². The van der Waals surface area contributed by atoms with Crippen molar-refractivity contribution < 1.29 is 19.1 Å². The topological polar surface area (TPSA) is 72.0 Å². The molecule has 3 rings (SSSR count). The normalized spacial score (nSPS) is 14.0. The molecule has 1 aromatic heterocycles. The molecule has 0 atom stereocenters. The first kappa shape index (κ1) is 18.7. The third-order valence-electron chi connectivity index (χ3n) is 4.71. The average molecular weight is 369 g/mol. The molecule has 2 heterocycles. The van der Waals surface area contributed by atoms with Crippen LogP contribution in [0.2, 0.25) is 0 Å². The molecule has 1 fully saturated rings. The number of aromatic nitrogens is 1. The number of hydrogen-bond acceptors (Lipinski definition) is 5. The molecule has 0 radical (unpaired) electrons. The summed E-state index contributed by atoms with van der Waals surface area (Å²) in [6, 6.07) is 7.00. The van der Waals surface area contributed by atoms with E-state index < -0.39 is 0 Å². The molecule has 7 heteroatoms. The number of hydrogen-bond donors (Lipinski definition) is 0. The Bertz CT molecular complexity index is 831. The van der Waals surface area contributed by atoms with Gasteiger partial charge in [0.05, 0.1) is 25.3 Å². The summed E-state index contributed by atoms with van der Waals surface area (Å²) in [7, 11) is 3.12. The summed E-state index contributed by atoms with van der Waals surface area (Å²) in [5.74, 6) is 0.972. The smallest absolute Gasteiger partial charge is 0.257 e. The summed E-state index contributed by atoms with van der Waals surface area (Å²) in [5, 5.41) is 0. The highest BCUT2D eigenvalue weighted by molar-refractivity contribution is 5.98. The van der Waals surface area contributed by atoms with E-state index in [0.717, 1.165) is 5.56 Å². The number of carbonyl (C=O) groups is 2. The number of piperazine rings is 1. The maximum absolute atomic E-state index is 13.0. The van der Waals surface area contributed by atoms with Gasteiger partial charge in [-0.05, 0) is 36.8 Å². The van der Waals surface area contributed by atoms with Crippen LogP contribution in [0.3, 0.4) is 0 Å². The van der Waals surface area contributed by atoms with Crippen LogP contribution in [0.4, 0.5) is 0 Å². The Hall–Kier alpha value is -3.09. The van der Waals surface area contributed by atoms with E-state index in [-0.39, 0.29) is 11.8 Å². The number of methoxy groups -OCH3 is 2. The first-order valence-electron chi connectivity index (χ1n) is 8.76. The molecule has 0 saturated carbocycles. The molecular weight excluding hydrogens is 346 g/mol. The Morgan fingerprint density at radius 1 is 0.963 bits per heavy atom. The third-order valence-corrected chi connectivity index (χ3v) is 4.71. The second-order valence-corrected chi connectivity index (χ2v) is 6.35. The number of rotatable bonds is 4. The fourth-order valence-electron chi connectivity index (χ4n) is 3.17. The standard InChI is InChI=1S/C20H23N3O4/c1-14-11-18(27-3)16(12-17(14)26-2)20(25)23-9-7-22(8-10-23)19(24)15-5-4-6-21-13-15/h4-6,11-13H,7-10H2,1-3H3. The lowest BCUT2D eigenvalue weighted by atomic mass is 10.1. The summed E-state index contributed by atoms with van der Waals surface area (Å²) < 4.78 is 10.7. The number of carbonyl (C=O) groups excluding carboxylic acids is 2. The Morgan fingerprint density at radius 2 is 1.59 bits per heavy atom. The fraction of sp³-hybridized carbons (Fsp3) is 0.350.